The van der Waals surface area contributed by atoms with Crippen molar-refractivity contribution in [2.75, 3.05) is 24.3 Å². The summed E-state index contributed by atoms with van der Waals surface area (Å²) < 4.78 is 0. The molecule has 0 saturated heterocycles. The summed E-state index contributed by atoms with van der Waals surface area (Å²) in [6.07, 6.45) is 1.44. The molecule has 130 valence electrons. The van der Waals surface area contributed by atoms with Gasteiger partial charge in [-0.1, -0.05) is 35.3 Å². The molecular formula is C17H16Cl2N4O2. The Hall–Kier alpha value is -2.57. The van der Waals surface area contributed by atoms with Gasteiger partial charge in [0.2, 0.25) is 0 Å². The molecule has 0 aliphatic heterocycles. The zero-order valence-corrected chi connectivity index (χ0v) is 15.1. The van der Waals surface area contributed by atoms with Crippen molar-refractivity contribution >= 4 is 52.6 Å². The lowest BCUT2D eigenvalue weighted by Gasteiger charge is -2.11. The molecule has 2 N–H and O–H groups in total. The SMILES string of the molecule is CN(C)c1ccc(C=NNC(=O)C(=O)Nc2cc(Cl)ccc2Cl)cc1. The highest BCUT2D eigenvalue weighted by atomic mass is 35.5. The third-order valence-electron chi connectivity index (χ3n) is 3.17. The smallest absolute Gasteiger partial charge is 0.329 e. The minimum atomic E-state index is -0.919. The number of carbonyl (C=O) groups is 2. The molecule has 2 aromatic rings. The zero-order valence-electron chi connectivity index (χ0n) is 13.6. The van der Waals surface area contributed by atoms with E-state index in [0.717, 1.165) is 11.3 Å². The van der Waals surface area contributed by atoms with Gasteiger partial charge in [0, 0.05) is 24.8 Å². The lowest BCUT2D eigenvalue weighted by Crippen LogP contribution is -2.32. The predicted octanol–water partition coefficient (Wildman–Crippen LogP) is 3.15. The number of nitrogens with zero attached hydrogens (tertiary/aromatic N) is 2. The minimum absolute atomic E-state index is 0.248. The summed E-state index contributed by atoms with van der Waals surface area (Å²) in [6.45, 7) is 0. The minimum Gasteiger partial charge on any atom is -0.378 e. The zero-order chi connectivity index (χ0) is 18.4. The first-order chi connectivity index (χ1) is 11.9. The van der Waals surface area contributed by atoms with Crippen molar-refractivity contribution in [3.8, 4) is 0 Å². The van der Waals surface area contributed by atoms with Crippen molar-refractivity contribution in [1.29, 1.82) is 0 Å². The Morgan fingerprint density at radius 2 is 1.72 bits per heavy atom. The standard InChI is InChI=1S/C17H16Cl2N4O2/c1-23(2)13-6-3-11(4-7-13)10-20-22-17(25)16(24)21-15-9-12(18)5-8-14(15)19/h3-10H,1-2H3,(H,21,24)(H,22,25). The average molecular weight is 379 g/mol. The van der Waals surface area contributed by atoms with Gasteiger partial charge >= 0.3 is 11.8 Å². The van der Waals surface area contributed by atoms with Crippen molar-refractivity contribution in [2.45, 2.75) is 0 Å². The van der Waals surface area contributed by atoms with Gasteiger partial charge in [0.15, 0.2) is 0 Å². The third kappa shape index (κ3) is 5.48. The third-order valence-corrected chi connectivity index (χ3v) is 3.74. The Bertz CT molecular complexity index is 805. The second-order valence-electron chi connectivity index (χ2n) is 5.26. The molecule has 0 bridgehead atoms. The van der Waals surface area contributed by atoms with E-state index in [1.165, 1.54) is 18.3 Å². The van der Waals surface area contributed by atoms with Gasteiger partial charge < -0.3 is 10.2 Å². The molecule has 0 heterocycles. The second-order valence-corrected chi connectivity index (χ2v) is 6.11. The Kier molecular flexibility index (Phi) is 6.38. The van der Waals surface area contributed by atoms with Gasteiger partial charge in [-0.15, -0.1) is 0 Å². The van der Waals surface area contributed by atoms with E-state index in [4.69, 9.17) is 23.2 Å². The number of anilines is 2. The first-order valence-electron chi connectivity index (χ1n) is 7.23. The van der Waals surface area contributed by atoms with E-state index in [1.807, 2.05) is 43.3 Å². The summed E-state index contributed by atoms with van der Waals surface area (Å²) in [7, 11) is 3.88. The Morgan fingerprint density at radius 3 is 2.36 bits per heavy atom. The van der Waals surface area contributed by atoms with Crippen LogP contribution in [0, 0.1) is 0 Å². The molecule has 8 heteroatoms. The first kappa shape index (κ1) is 18.8. The number of hydrogen-bond donors (Lipinski definition) is 2. The fraction of sp³-hybridized carbons (Fsp3) is 0.118. The maximum Gasteiger partial charge on any atom is 0.329 e. The number of halogens is 2. The molecule has 0 fully saturated rings. The van der Waals surface area contributed by atoms with Gasteiger partial charge in [-0.25, -0.2) is 5.43 Å². The summed E-state index contributed by atoms with van der Waals surface area (Å²) in [6, 6.07) is 12.1. The molecular weight excluding hydrogens is 363 g/mol. The first-order valence-corrected chi connectivity index (χ1v) is 7.99. The highest BCUT2D eigenvalue weighted by molar-refractivity contribution is 6.42. The highest BCUT2D eigenvalue weighted by Gasteiger charge is 2.14. The van der Waals surface area contributed by atoms with Crippen LogP contribution in [0.5, 0.6) is 0 Å². The van der Waals surface area contributed by atoms with Crippen LogP contribution in [0.15, 0.2) is 47.6 Å². The second kappa shape index (κ2) is 8.50. The fourth-order valence-corrected chi connectivity index (χ4v) is 2.18. The van der Waals surface area contributed by atoms with Crippen LogP contribution in [0.1, 0.15) is 5.56 Å². The number of nitrogens with one attached hydrogen (secondary N) is 2. The van der Waals surface area contributed by atoms with Crippen LogP contribution < -0.4 is 15.6 Å². The largest absolute Gasteiger partial charge is 0.378 e. The van der Waals surface area contributed by atoms with Crippen LogP contribution in [0.25, 0.3) is 0 Å². The Morgan fingerprint density at radius 1 is 1.04 bits per heavy atom. The Balaban J connectivity index is 1.92. The molecule has 0 aromatic heterocycles. The average Bonchev–Trinajstić information content (AvgIpc) is 2.58. The maximum absolute atomic E-state index is 11.8. The number of benzene rings is 2. The van der Waals surface area contributed by atoms with Gasteiger partial charge in [0.1, 0.15) is 0 Å². The van der Waals surface area contributed by atoms with Crippen LogP contribution in [0.4, 0.5) is 11.4 Å². The summed E-state index contributed by atoms with van der Waals surface area (Å²) in [5, 5.41) is 6.79. The molecule has 0 aliphatic rings. The molecule has 0 aliphatic carbocycles. The number of hydrazone groups is 1. The highest BCUT2D eigenvalue weighted by Crippen LogP contribution is 2.25. The molecule has 0 saturated carbocycles. The van der Waals surface area contributed by atoms with E-state index in [1.54, 1.807) is 6.07 Å². The van der Waals surface area contributed by atoms with Crippen molar-refractivity contribution in [3.05, 3.63) is 58.1 Å². The molecule has 0 unspecified atom stereocenters. The normalized spacial score (nSPS) is 10.6. The summed E-state index contributed by atoms with van der Waals surface area (Å²) in [4.78, 5) is 25.6. The molecule has 0 spiro atoms. The number of amides is 2. The maximum atomic E-state index is 11.8. The van der Waals surface area contributed by atoms with Crippen LogP contribution in [0.2, 0.25) is 10.0 Å². The molecule has 0 atom stereocenters. The van der Waals surface area contributed by atoms with Crippen molar-refractivity contribution in [3.63, 3.8) is 0 Å². The van der Waals surface area contributed by atoms with E-state index >= 15 is 0 Å². The topological polar surface area (TPSA) is 73.8 Å². The molecule has 2 amide bonds. The van der Waals surface area contributed by atoms with Crippen molar-refractivity contribution in [2.24, 2.45) is 5.10 Å². The molecule has 2 aromatic carbocycles. The van der Waals surface area contributed by atoms with Gasteiger partial charge in [0.25, 0.3) is 0 Å². The van der Waals surface area contributed by atoms with Crippen LogP contribution in [-0.2, 0) is 9.59 Å². The van der Waals surface area contributed by atoms with Crippen LogP contribution in [-0.4, -0.2) is 32.1 Å². The van der Waals surface area contributed by atoms with E-state index in [9.17, 15) is 9.59 Å². The summed E-state index contributed by atoms with van der Waals surface area (Å²) in [5.41, 5.74) is 4.22. The van der Waals surface area contributed by atoms with Gasteiger partial charge in [-0.2, -0.15) is 5.10 Å². The summed E-state index contributed by atoms with van der Waals surface area (Å²) >= 11 is 11.8. The van der Waals surface area contributed by atoms with E-state index in [2.05, 4.69) is 15.8 Å². The van der Waals surface area contributed by atoms with Gasteiger partial charge in [0.05, 0.1) is 16.9 Å². The lowest BCUT2D eigenvalue weighted by molar-refractivity contribution is -0.136. The number of hydrogen-bond acceptors (Lipinski definition) is 4. The summed E-state index contributed by atoms with van der Waals surface area (Å²) in [5.74, 6) is -1.82. The number of rotatable bonds is 4. The molecule has 25 heavy (non-hydrogen) atoms. The van der Waals surface area contributed by atoms with E-state index in [-0.39, 0.29) is 10.7 Å². The quantitative estimate of drug-likeness (QED) is 0.487. The predicted molar refractivity (Wildman–Crippen MR) is 102 cm³/mol. The van der Waals surface area contributed by atoms with Crippen molar-refractivity contribution < 1.29 is 9.59 Å². The van der Waals surface area contributed by atoms with Crippen molar-refractivity contribution in [1.82, 2.24) is 5.43 Å². The van der Waals surface area contributed by atoms with Gasteiger partial charge in [-0.3, -0.25) is 9.59 Å². The van der Waals surface area contributed by atoms with E-state index in [0.29, 0.717) is 5.02 Å². The molecule has 2 rings (SSSR count). The van der Waals surface area contributed by atoms with Crippen LogP contribution in [0.3, 0.4) is 0 Å². The van der Waals surface area contributed by atoms with Gasteiger partial charge in [-0.05, 0) is 35.9 Å². The molecule has 0 radical (unpaired) electrons. The molecule has 6 nitrogen and oxygen atoms in total. The number of carbonyl (C=O) groups excluding carboxylic acids is 2. The van der Waals surface area contributed by atoms with Crippen LogP contribution >= 0.6 is 23.2 Å². The monoisotopic (exact) mass is 378 g/mol. The van der Waals surface area contributed by atoms with E-state index < -0.39 is 11.8 Å². The Labute approximate surface area is 155 Å². The fourth-order valence-electron chi connectivity index (χ4n) is 1.85. The lowest BCUT2D eigenvalue weighted by atomic mass is 10.2.